The van der Waals surface area contributed by atoms with E-state index in [2.05, 4.69) is 15.7 Å². The van der Waals surface area contributed by atoms with Crippen LogP contribution in [0.15, 0.2) is 17.2 Å². The summed E-state index contributed by atoms with van der Waals surface area (Å²) in [5.41, 5.74) is 8.20. The second-order valence-electron chi connectivity index (χ2n) is 2.75. The Bertz CT molecular complexity index is 417. The maximum atomic E-state index is 10.6. The van der Waals surface area contributed by atoms with E-state index in [0.717, 1.165) is 0 Å². The van der Waals surface area contributed by atoms with Crippen LogP contribution in [0.2, 0.25) is 0 Å². The highest BCUT2D eigenvalue weighted by Gasteiger charge is 2.24. The summed E-state index contributed by atoms with van der Waals surface area (Å²) in [6, 6.07) is 2.79. The van der Waals surface area contributed by atoms with Crippen molar-refractivity contribution in [2.24, 2.45) is 5.11 Å². The summed E-state index contributed by atoms with van der Waals surface area (Å²) in [7, 11) is 0. The Morgan fingerprint density at radius 3 is 2.79 bits per heavy atom. The van der Waals surface area contributed by atoms with E-state index >= 15 is 0 Å². The lowest BCUT2D eigenvalue weighted by molar-refractivity contribution is -0.383. The van der Waals surface area contributed by atoms with Crippen molar-refractivity contribution in [3.05, 3.63) is 22.2 Å². The van der Waals surface area contributed by atoms with Crippen LogP contribution in [0.4, 0.5) is 22.7 Å². The number of fused-ring (bicyclic) bond motifs is 1. The highest BCUT2D eigenvalue weighted by molar-refractivity contribution is 5.90. The van der Waals surface area contributed by atoms with Gasteiger partial charge in [-0.2, -0.15) is 5.11 Å². The predicted molar refractivity (Wildman–Crippen MR) is 50.0 cm³/mol. The second-order valence-corrected chi connectivity index (χ2v) is 2.75. The van der Waals surface area contributed by atoms with Crippen LogP contribution in [0.5, 0.6) is 0 Å². The molecule has 2 rings (SSSR count). The Morgan fingerprint density at radius 2 is 2.14 bits per heavy atom. The Hall–Kier alpha value is -2.18. The van der Waals surface area contributed by atoms with E-state index in [0.29, 0.717) is 23.7 Å². The lowest BCUT2D eigenvalue weighted by Gasteiger charge is -2.01. The summed E-state index contributed by atoms with van der Waals surface area (Å²) < 4.78 is 0. The van der Waals surface area contributed by atoms with Crippen molar-refractivity contribution in [2.75, 3.05) is 17.3 Å². The molecule has 0 unspecified atom stereocenters. The van der Waals surface area contributed by atoms with Gasteiger partial charge in [-0.1, -0.05) is 0 Å². The largest absolute Gasteiger partial charge is 0.364 e. The molecule has 0 bridgehead atoms. The zero-order chi connectivity index (χ0) is 10.1. The molecule has 0 amide bonds. The van der Waals surface area contributed by atoms with Crippen molar-refractivity contribution >= 4 is 22.7 Å². The molecule has 3 N–H and O–H groups in total. The summed E-state index contributed by atoms with van der Waals surface area (Å²) in [6.45, 7) is 0.419. The third-order valence-electron chi connectivity index (χ3n) is 2.01. The van der Waals surface area contributed by atoms with Gasteiger partial charge in [0.05, 0.1) is 17.3 Å². The molecule has 0 fully saturated rings. The van der Waals surface area contributed by atoms with Crippen LogP contribution in [0.25, 0.3) is 0 Å². The topological polar surface area (TPSA) is 103 Å². The average Bonchev–Trinajstić information content (AvgIpc) is 2.64. The molecule has 0 spiro atoms. The van der Waals surface area contributed by atoms with E-state index < -0.39 is 4.92 Å². The molecule has 1 aliphatic rings. The van der Waals surface area contributed by atoms with E-state index in [1.165, 1.54) is 12.1 Å². The molecular weight excluding hydrogens is 186 g/mol. The molecular formula is C7H7N5O2. The molecule has 1 heterocycles. The monoisotopic (exact) mass is 193 g/mol. The smallest absolute Gasteiger partial charge is 0.294 e. The first kappa shape index (κ1) is 8.42. The minimum atomic E-state index is -0.466. The zero-order valence-corrected chi connectivity index (χ0v) is 7.07. The van der Waals surface area contributed by atoms with Gasteiger partial charge < -0.3 is 10.6 Å². The highest BCUT2D eigenvalue weighted by Crippen LogP contribution is 2.42. The molecule has 1 aromatic rings. The molecule has 0 aromatic heterocycles. The Kier molecular flexibility index (Phi) is 1.77. The van der Waals surface area contributed by atoms with Gasteiger partial charge in [-0.3, -0.25) is 10.1 Å². The molecule has 1 aliphatic heterocycles. The number of hydrogen-bond acceptors (Lipinski definition) is 6. The lowest BCUT2D eigenvalue weighted by atomic mass is 10.2. The second kappa shape index (κ2) is 2.95. The van der Waals surface area contributed by atoms with Gasteiger partial charge in [0.25, 0.3) is 5.69 Å². The van der Waals surface area contributed by atoms with Gasteiger partial charge in [0.15, 0.2) is 0 Å². The quantitative estimate of drug-likeness (QED) is 0.379. The van der Waals surface area contributed by atoms with Crippen molar-refractivity contribution < 1.29 is 4.92 Å². The molecule has 7 nitrogen and oxygen atoms in total. The first-order chi connectivity index (χ1) is 6.74. The van der Waals surface area contributed by atoms with Gasteiger partial charge >= 0.3 is 0 Å². The van der Waals surface area contributed by atoms with Crippen LogP contribution in [0.1, 0.15) is 0 Å². The molecule has 0 radical (unpaired) electrons. The highest BCUT2D eigenvalue weighted by atomic mass is 16.6. The summed E-state index contributed by atoms with van der Waals surface area (Å²) in [4.78, 5) is 10.2. The fraction of sp³-hybridized carbons (Fsp3) is 0.143. The van der Waals surface area contributed by atoms with Crippen LogP contribution in [-0.2, 0) is 0 Å². The standard InChI is InChI=1S/C7H7N5O2/c8-11-4-1-2-5(12(13)14)7-6(4)9-3-10-7/h1-2,8-10H,3H2. The third kappa shape index (κ3) is 1.06. The van der Waals surface area contributed by atoms with Crippen LogP contribution < -0.4 is 10.6 Å². The van der Waals surface area contributed by atoms with E-state index in [1.54, 1.807) is 0 Å². The summed E-state index contributed by atoms with van der Waals surface area (Å²) in [5.74, 6) is 0. The SMILES string of the molecule is N=Nc1ccc([N+](=O)[O-])c2c1NCN2. The third-order valence-corrected chi connectivity index (χ3v) is 2.01. The number of hydrogen-bond donors (Lipinski definition) is 3. The summed E-state index contributed by atoms with van der Waals surface area (Å²) >= 11 is 0. The van der Waals surface area contributed by atoms with Crippen molar-refractivity contribution in [1.29, 1.82) is 5.53 Å². The van der Waals surface area contributed by atoms with E-state index in [-0.39, 0.29) is 5.69 Å². The van der Waals surface area contributed by atoms with Gasteiger partial charge in [-0.15, -0.1) is 0 Å². The van der Waals surface area contributed by atoms with Crippen molar-refractivity contribution in [2.45, 2.75) is 0 Å². The minimum Gasteiger partial charge on any atom is -0.364 e. The molecule has 7 heteroatoms. The van der Waals surface area contributed by atoms with Crippen LogP contribution in [0.3, 0.4) is 0 Å². The van der Waals surface area contributed by atoms with Gasteiger partial charge in [-0.05, 0) is 6.07 Å². The molecule has 0 atom stereocenters. The van der Waals surface area contributed by atoms with E-state index in [9.17, 15) is 10.1 Å². The first-order valence-corrected chi connectivity index (χ1v) is 3.90. The fourth-order valence-electron chi connectivity index (χ4n) is 1.40. The number of anilines is 2. The molecule has 14 heavy (non-hydrogen) atoms. The van der Waals surface area contributed by atoms with Crippen molar-refractivity contribution in [1.82, 2.24) is 0 Å². The number of nitro benzene ring substituents is 1. The molecule has 0 saturated carbocycles. The fourth-order valence-corrected chi connectivity index (χ4v) is 1.40. The Morgan fingerprint density at radius 1 is 1.43 bits per heavy atom. The Labute approximate surface area is 78.8 Å². The van der Waals surface area contributed by atoms with Crippen LogP contribution >= 0.6 is 0 Å². The number of benzene rings is 1. The van der Waals surface area contributed by atoms with E-state index in [4.69, 9.17) is 5.53 Å². The predicted octanol–water partition coefficient (Wildman–Crippen LogP) is 2.05. The van der Waals surface area contributed by atoms with E-state index in [1.807, 2.05) is 0 Å². The lowest BCUT2D eigenvalue weighted by Crippen LogP contribution is -2.00. The van der Waals surface area contributed by atoms with Gasteiger partial charge in [-0.25, -0.2) is 5.53 Å². The normalized spacial score (nSPS) is 12.6. The number of nitrogens with one attached hydrogen (secondary N) is 3. The molecule has 1 aromatic carbocycles. The molecule has 0 saturated heterocycles. The number of nitrogens with zero attached hydrogens (tertiary/aromatic N) is 2. The Balaban J connectivity index is 2.64. The zero-order valence-electron chi connectivity index (χ0n) is 7.07. The van der Waals surface area contributed by atoms with Gasteiger partial charge in [0, 0.05) is 6.07 Å². The number of nitro groups is 1. The minimum absolute atomic E-state index is 0.00241. The number of rotatable bonds is 2. The molecule has 72 valence electrons. The maximum Gasteiger partial charge on any atom is 0.294 e. The maximum absolute atomic E-state index is 10.6. The first-order valence-electron chi connectivity index (χ1n) is 3.90. The van der Waals surface area contributed by atoms with Crippen LogP contribution in [-0.4, -0.2) is 11.6 Å². The van der Waals surface area contributed by atoms with Crippen molar-refractivity contribution in [3.8, 4) is 0 Å². The van der Waals surface area contributed by atoms with Crippen molar-refractivity contribution in [3.63, 3.8) is 0 Å². The summed E-state index contributed by atoms with van der Waals surface area (Å²) in [6.07, 6.45) is 0. The van der Waals surface area contributed by atoms with Crippen LogP contribution in [0, 0.1) is 15.6 Å². The average molecular weight is 193 g/mol. The summed E-state index contributed by atoms with van der Waals surface area (Å²) in [5, 5.41) is 19.6. The molecule has 0 aliphatic carbocycles. The van der Waals surface area contributed by atoms with Gasteiger partial charge in [0.1, 0.15) is 11.4 Å². The van der Waals surface area contributed by atoms with Gasteiger partial charge in [0.2, 0.25) is 0 Å².